The lowest BCUT2D eigenvalue weighted by atomic mass is 10.0. The number of benzene rings is 3. The summed E-state index contributed by atoms with van der Waals surface area (Å²) in [5.74, 6) is -4.10. The van der Waals surface area contributed by atoms with Crippen LogP contribution in [-0.4, -0.2) is 58.2 Å². The number of rotatable bonds is 16. The molecule has 3 aromatic carbocycles. The second-order valence-corrected chi connectivity index (χ2v) is 9.49. The van der Waals surface area contributed by atoms with Crippen molar-refractivity contribution in [3.8, 4) is 11.5 Å². The van der Waals surface area contributed by atoms with Gasteiger partial charge in [0.1, 0.15) is 36.4 Å². The van der Waals surface area contributed by atoms with Crippen LogP contribution in [0.2, 0.25) is 0 Å². The summed E-state index contributed by atoms with van der Waals surface area (Å²) in [6.07, 6.45) is -0.756. The molecule has 43 heavy (non-hydrogen) atoms. The standard InChI is InChI=1S/C30H31N5O8/c31-27(32)19-4-2-6-23(12-19)42-15-17-3-1-5-21(11-17)29(39)35-22(9-10-26(37)38)16-43-25-14-20(28(33)34)8-7-18(25)13-24(36)30(40)41/h1-8,11-12,14,22H,9-10,13,15-16H2,(H3,31,32)(H3,33,34)(H,35,39)(H,37,38)(H,40,41). The second-order valence-electron chi connectivity index (χ2n) is 9.49. The molecular weight excluding hydrogens is 558 g/mol. The number of Topliss-reactive ketones (excluding diaryl/α,β-unsaturated/α-hetero) is 1. The Morgan fingerprint density at radius 3 is 2.19 bits per heavy atom. The number of ketones is 1. The Morgan fingerprint density at radius 1 is 0.837 bits per heavy atom. The molecule has 0 aliphatic heterocycles. The highest BCUT2D eigenvalue weighted by atomic mass is 16.5. The van der Waals surface area contributed by atoms with Gasteiger partial charge in [-0.2, -0.15) is 0 Å². The molecule has 13 nitrogen and oxygen atoms in total. The predicted octanol–water partition coefficient (Wildman–Crippen LogP) is 2.07. The molecule has 0 aromatic heterocycles. The number of nitrogens with two attached hydrogens (primary N) is 2. The first-order valence-corrected chi connectivity index (χ1v) is 13.0. The molecule has 13 heteroatoms. The summed E-state index contributed by atoms with van der Waals surface area (Å²) in [7, 11) is 0. The van der Waals surface area contributed by atoms with Crippen LogP contribution < -0.4 is 26.3 Å². The van der Waals surface area contributed by atoms with Crippen LogP contribution in [0.3, 0.4) is 0 Å². The van der Waals surface area contributed by atoms with Gasteiger partial charge in [-0.25, -0.2) is 4.79 Å². The zero-order chi connectivity index (χ0) is 31.5. The molecule has 0 aliphatic carbocycles. The maximum atomic E-state index is 13.1. The molecule has 1 unspecified atom stereocenters. The van der Waals surface area contributed by atoms with Crippen LogP contribution in [0.1, 0.15) is 45.5 Å². The Balaban J connectivity index is 1.74. The number of amides is 1. The number of hydrogen-bond acceptors (Lipinski definition) is 8. The van der Waals surface area contributed by atoms with E-state index in [2.05, 4.69) is 5.32 Å². The number of carbonyl (C=O) groups excluding carboxylic acids is 2. The quantitative estimate of drug-likeness (QED) is 0.0729. The molecule has 0 saturated carbocycles. The Kier molecular flexibility index (Phi) is 10.9. The summed E-state index contributed by atoms with van der Waals surface area (Å²) in [6.45, 7) is -0.0949. The molecule has 1 amide bonds. The topological polar surface area (TPSA) is 239 Å². The molecule has 0 saturated heterocycles. The number of carbonyl (C=O) groups is 4. The van der Waals surface area contributed by atoms with Crippen LogP contribution in [0.5, 0.6) is 11.5 Å². The Hall–Kier alpha value is -5.72. The van der Waals surface area contributed by atoms with Crippen molar-refractivity contribution in [1.29, 1.82) is 10.8 Å². The van der Waals surface area contributed by atoms with Crippen LogP contribution in [0, 0.1) is 10.8 Å². The number of aliphatic carboxylic acids is 2. The van der Waals surface area contributed by atoms with E-state index in [1.54, 1.807) is 48.5 Å². The number of ether oxygens (including phenoxy) is 2. The van der Waals surface area contributed by atoms with Crippen LogP contribution in [0.15, 0.2) is 66.7 Å². The SMILES string of the molecule is N=C(N)c1cccc(OCc2cccc(C(=O)NC(CCC(=O)O)COc3cc(C(=N)N)ccc3CC(=O)C(=O)O)c2)c1. The summed E-state index contributed by atoms with van der Waals surface area (Å²) in [5.41, 5.74) is 13.0. The Labute approximate surface area is 246 Å². The fourth-order valence-electron chi connectivity index (χ4n) is 3.93. The van der Waals surface area contributed by atoms with Crippen molar-refractivity contribution >= 4 is 35.3 Å². The minimum atomic E-state index is -1.62. The lowest BCUT2D eigenvalue weighted by Gasteiger charge is -2.20. The van der Waals surface area contributed by atoms with Crippen molar-refractivity contribution in [2.75, 3.05) is 6.61 Å². The van der Waals surface area contributed by atoms with Gasteiger partial charge >= 0.3 is 11.9 Å². The predicted molar refractivity (Wildman–Crippen MR) is 156 cm³/mol. The van der Waals surface area contributed by atoms with Gasteiger partial charge in [-0.05, 0) is 42.3 Å². The molecule has 0 spiro atoms. The van der Waals surface area contributed by atoms with Crippen molar-refractivity contribution in [2.24, 2.45) is 11.5 Å². The summed E-state index contributed by atoms with van der Waals surface area (Å²) in [6, 6.07) is 16.8. The van der Waals surface area contributed by atoms with Gasteiger partial charge in [0, 0.05) is 35.1 Å². The number of amidine groups is 2. The van der Waals surface area contributed by atoms with Crippen molar-refractivity contribution in [3.05, 3.63) is 94.5 Å². The van der Waals surface area contributed by atoms with Crippen molar-refractivity contribution in [2.45, 2.75) is 31.9 Å². The molecule has 224 valence electrons. The van der Waals surface area contributed by atoms with Crippen molar-refractivity contribution < 1.29 is 38.9 Å². The summed E-state index contributed by atoms with van der Waals surface area (Å²) < 4.78 is 11.6. The molecule has 0 fully saturated rings. The smallest absolute Gasteiger partial charge is 0.372 e. The Morgan fingerprint density at radius 2 is 1.51 bits per heavy atom. The average molecular weight is 590 g/mol. The first kappa shape index (κ1) is 31.8. The molecule has 9 N–H and O–H groups in total. The summed E-state index contributed by atoms with van der Waals surface area (Å²) in [4.78, 5) is 47.3. The van der Waals surface area contributed by atoms with E-state index in [1.807, 2.05) is 0 Å². The van der Waals surface area contributed by atoms with E-state index in [1.165, 1.54) is 18.2 Å². The van der Waals surface area contributed by atoms with Gasteiger partial charge < -0.3 is 36.5 Å². The molecular formula is C30H31N5O8. The van der Waals surface area contributed by atoms with E-state index in [-0.39, 0.29) is 60.2 Å². The molecule has 0 bridgehead atoms. The summed E-state index contributed by atoms with van der Waals surface area (Å²) in [5, 5.41) is 36.2. The first-order chi connectivity index (χ1) is 20.4. The van der Waals surface area contributed by atoms with Gasteiger partial charge in [-0.1, -0.05) is 36.4 Å². The fourth-order valence-corrected chi connectivity index (χ4v) is 3.93. The van der Waals surface area contributed by atoms with Gasteiger partial charge in [0.05, 0.1) is 6.04 Å². The van der Waals surface area contributed by atoms with Gasteiger partial charge in [0.25, 0.3) is 5.91 Å². The number of carboxylic acid groups (broad SMARTS) is 2. The minimum absolute atomic E-state index is 0.00610. The van der Waals surface area contributed by atoms with E-state index in [9.17, 15) is 24.3 Å². The highest BCUT2D eigenvalue weighted by Gasteiger charge is 2.20. The van der Waals surface area contributed by atoms with E-state index >= 15 is 0 Å². The maximum Gasteiger partial charge on any atom is 0.372 e. The largest absolute Gasteiger partial charge is 0.491 e. The third-order valence-electron chi connectivity index (χ3n) is 6.19. The molecule has 0 heterocycles. The molecule has 3 aromatic rings. The van der Waals surface area contributed by atoms with Gasteiger partial charge in [-0.3, -0.25) is 25.2 Å². The van der Waals surface area contributed by atoms with E-state index in [0.29, 0.717) is 16.9 Å². The number of nitrogen functional groups attached to an aromatic ring is 2. The highest BCUT2D eigenvalue weighted by Crippen LogP contribution is 2.23. The van der Waals surface area contributed by atoms with Crippen LogP contribution in [0.25, 0.3) is 0 Å². The van der Waals surface area contributed by atoms with Gasteiger partial charge in [0.2, 0.25) is 5.78 Å². The van der Waals surface area contributed by atoms with Crippen molar-refractivity contribution in [3.63, 3.8) is 0 Å². The van der Waals surface area contributed by atoms with Crippen LogP contribution in [-0.2, 0) is 27.4 Å². The van der Waals surface area contributed by atoms with Gasteiger partial charge in [-0.15, -0.1) is 0 Å². The first-order valence-electron chi connectivity index (χ1n) is 13.0. The third-order valence-corrected chi connectivity index (χ3v) is 6.19. The normalized spacial score (nSPS) is 11.2. The van der Waals surface area contributed by atoms with E-state index < -0.39 is 36.1 Å². The van der Waals surface area contributed by atoms with E-state index in [0.717, 1.165) is 0 Å². The highest BCUT2D eigenvalue weighted by molar-refractivity contribution is 6.33. The molecule has 1 atom stereocenters. The number of carboxylic acids is 2. The van der Waals surface area contributed by atoms with Gasteiger partial charge in [0.15, 0.2) is 0 Å². The van der Waals surface area contributed by atoms with Crippen molar-refractivity contribution in [1.82, 2.24) is 5.32 Å². The molecule has 0 radical (unpaired) electrons. The lowest BCUT2D eigenvalue weighted by Crippen LogP contribution is -2.39. The molecule has 3 rings (SSSR count). The zero-order valence-corrected chi connectivity index (χ0v) is 23.0. The minimum Gasteiger partial charge on any atom is -0.491 e. The fraction of sp³-hybridized carbons (Fsp3) is 0.200. The maximum absolute atomic E-state index is 13.1. The zero-order valence-electron chi connectivity index (χ0n) is 23.0. The van der Waals surface area contributed by atoms with Crippen LogP contribution in [0.4, 0.5) is 0 Å². The Bertz CT molecular complexity index is 1560. The van der Waals surface area contributed by atoms with E-state index in [4.69, 9.17) is 36.9 Å². The monoisotopic (exact) mass is 589 g/mol. The second kappa shape index (κ2) is 14.8. The number of hydrogen-bond donors (Lipinski definition) is 7. The lowest BCUT2D eigenvalue weighted by molar-refractivity contribution is -0.148. The van der Waals surface area contributed by atoms with Crippen LogP contribution >= 0.6 is 0 Å². The third kappa shape index (κ3) is 9.70. The average Bonchev–Trinajstić information content (AvgIpc) is 2.97. The summed E-state index contributed by atoms with van der Waals surface area (Å²) >= 11 is 0. The number of nitrogens with one attached hydrogen (secondary N) is 3. The molecule has 0 aliphatic rings.